The molecular weight excluding hydrogens is 452 g/mol. The number of carbonyl (C=O) groups excluding carboxylic acids is 1. The van der Waals surface area contributed by atoms with E-state index >= 15 is 0 Å². The highest BCUT2D eigenvalue weighted by Gasteiger charge is 2.19. The monoisotopic (exact) mass is 476 g/mol. The first-order valence-electron chi connectivity index (χ1n) is 10.6. The molecule has 0 atom stereocenters. The second kappa shape index (κ2) is 9.80. The summed E-state index contributed by atoms with van der Waals surface area (Å²) in [7, 11) is 6.07. The van der Waals surface area contributed by atoms with Crippen LogP contribution in [0.5, 0.6) is 28.7 Å². The standard InChI is InChI=1S/C27H24O8/c1-15-19-14-18(34-26(28)16-6-9-23(32-4)24(12-16)33-5)8-11-22(19)35-27(29)25(15)20-13-17(30-2)7-10-21(20)31-3/h6-14H,1-5H3. The van der Waals surface area contributed by atoms with Crippen LogP contribution >= 0.6 is 0 Å². The Labute approximate surface area is 201 Å². The number of fused-ring (bicyclic) bond motifs is 1. The van der Waals surface area contributed by atoms with Crippen molar-refractivity contribution >= 4 is 16.9 Å². The average Bonchev–Trinajstić information content (AvgIpc) is 2.88. The molecule has 0 fully saturated rings. The van der Waals surface area contributed by atoms with Crippen LogP contribution in [-0.4, -0.2) is 34.4 Å². The number of hydrogen-bond acceptors (Lipinski definition) is 8. The number of rotatable bonds is 7. The minimum Gasteiger partial charge on any atom is -0.497 e. The van der Waals surface area contributed by atoms with E-state index in [-0.39, 0.29) is 5.75 Å². The smallest absolute Gasteiger partial charge is 0.344 e. The molecule has 0 aliphatic carbocycles. The van der Waals surface area contributed by atoms with Gasteiger partial charge in [0.2, 0.25) is 0 Å². The van der Waals surface area contributed by atoms with Crippen LogP contribution in [0.1, 0.15) is 15.9 Å². The summed E-state index contributed by atoms with van der Waals surface area (Å²) in [5, 5.41) is 0.613. The fraction of sp³-hybridized carbons (Fsp3) is 0.185. The predicted molar refractivity (Wildman–Crippen MR) is 130 cm³/mol. The first-order valence-corrected chi connectivity index (χ1v) is 10.6. The van der Waals surface area contributed by atoms with E-state index in [1.165, 1.54) is 21.3 Å². The summed E-state index contributed by atoms with van der Waals surface area (Å²) < 4.78 is 32.4. The van der Waals surface area contributed by atoms with Gasteiger partial charge in [-0.1, -0.05) is 0 Å². The van der Waals surface area contributed by atoms with Gasteiger partial charge in [-0.15, -0.1) is 0 Å². The van der Waals surface area contributed by atoms with Gasteiger partial charge >= 0.3 is 11.6 Å². The van der Waals surface area contributed by atoms with Gasteiger partial charge in [-0.25, -0.2) is 9.59 Å². The van der Waals surface area contributed by atoms with Crippen molar-refractivity contribution in [3.8, 4) is 39.9 Å². The normalized spacial score (nSPS) is 10.7. The lowest BCUT2D eigenvalue weighted by molar-refractivity contribution is 0.0734. The van der Waals surface area contributed by atoms with Gasteiger partial charge in [0.25, 0.3) is 0 Å². The van der Waals surface area contributed by atoms with Crippen LogP contribution in [-0.2, 0) is 0 Å². The average molecular weight is 476 g/mol. The lowest BCUT2D eigenvalue weighted by atomic mass is 9.98. The maximum atomic E-state index is 12.9. The molecule has 0 aliphatic rings. The Morgan fingerprint density at radius 1 is 0.743 bits per heavy atom. The molecule has 0 N–H and O–H groups in total. The Balaban J connectivity index is 1.76. The van der Waals surface area contributed by atoms with Gasteiger partial charge in [-0.3, -0.25) is 0 Å². The van der Waals surface area contributed by atoms with Crippen molar-refractivity contribution in [2.45, 2.75) is 6.92 Å². The molecule has 0 saturated carbocycles. The molecule has 0 spiro atoms. The van der Waals surface area contributed by atoms with Gasteiger partial charge in [0.1, 0.15) is 22.8 Å². The van der Waals surface area contributed by atoms with Gasteiger partial charge in [-0.05, 0) is 67.1 Å². The number of esters is 1. The fourth-order valence-electron chi connectivity index (χ4n) is 3.84. The van der Waals surface area contributed by atoms with E-state index in [1.54, 1.807) is 68.6 Å². The second-order valence-electron chi connectivity index (χ2n) is 7.57. The summed E-state index contributed by atoms with van der Waals surface area (Å²) in [6.07, 6.45) is 0. The summed E-state index contributed by atoms with van der Waals surface area (Å²) in [5.74, 6) is 1.69. The molecule has 8 nitrogen and oxygen atoms in total. The topological polar surface area (TPSA) is 93.4 Å². The van der Waals surface area contributed by atoms with E-state index < -0.39 is 11.6 Å². The first-order chi connectivity index (χ1) is 16.9. The van der Waals surface area contributed by atoms with E-state index in [0.29, 0.717) is 56.2 Å². The molecule has 4 aromatic rings. The number of methoxy groups -OCH3 is 4. The Morgan fingerprint density at radius 2 is 1.43 bits per heavy atom. The molecule has 0 saturated heterocycles. The Hall–Kier alpha value is -4.46. The van der Waals surface area contributed by atoms with Gasteiger partial charge in [0, 0.05) is 10.9 Å². The highest BCUT2D eigenvalue weighted by atomic mass is 16.5. The number of aryl methyl sites for hydroxylation is 1. The van der Waals surface area contributed by atoms with Gasteiger partial charge < -0.3 is 28.1 Å². The Bertz CT molecular complexity index is 1470. The van der Waals surface area contributed by atoms with E-state index in [9.17, 15) is 9.59 Å². The van der Waals surface area contributed by atoms with Gasteiger partial charge in [0.15, 0.2) is 11.5 Å². The molecule has 8 heteroatoms. The summed E-state index contributed by atoms with van der Waals surface area (Å²) >= 11 is 0. The van der Waals surface area contributed by atoms with Crippen LogP contribution in [0.15, 0.2) is 63.8 Å². The molecule has 4 rings (SSSR count). The number of benzene rings is 3. The second-order valence-corrected chi connectivity index (χ2v) is 7.57. The summed E-state index contributed by atoms with van der Waals surface area (Å²) in [4.78, 5) is 25.7. The maximum Gasteiger partial charge on any atom is 0.344 e. The van der Waals surface area contributed by atoms with Crippen LogP contribution in [0, 0.1) is 6.92 Å². The van der Waals surface area contributed by atoms with Gasteiger partial charge in [0.05, 0.1) is 39.6 Å². The van der Waals surface area contributed by atoms with Crippen molar-refractivity contribution in [3.05, 3.63) is 76.1 Å². The number of ether oxygens (including phenoxy) is 5. The lowest BCUT2D eigenvalue weighted by Gasteiger charge is -2.14. The quantitative estimate of drug-likeness (QED) is 0.209. The third kappa shape index (κ3) is 4.50. The minimum absolute atomic E-state index is 0.290. The third-order valence-electron chi connectivity index (χ3n) is 5.64. The van der Waals surface area contributed by atoms with E-state index in [0.717, 1.165) is 0 Å². The van der Waals surface area contributed by atoms with Crippen LogP contribution < -0.4 is 29.3 Å². The lowest BCUT2D eigenvalue weighted by Crippen LogP contribution is -2.10. The summed E-state index contributed by atoms with van der Waals surface area (Å²) in [6, 6.07) is 14.7. The van der Waals surface area contributed by atoms with Crippen molar-refractivity contribution in [1.29, 1.82) is 0 Å². The Morgan fingerprint density at radius 3 is 2.11 bits per heavy atom. The molecule has 0 unspecified atom stereocenters. The molecule has 3 aromatic carbocycles. The molecule has 0 radical (unpaired) electrons. The highest BCUT2D eigenvalue weighted by Crippen LogP contribution is 2.36. The molecule has 35 heavy (non-hydrogen) atoms. The maximum absolute atomic E-state index is 12.9. The van der Waals surface area contributed by atoms with Crippen molar-refractivity contribution in [2.24, 2.45) is 0 Å². The zero-order valence-corrected chi connectivity index (χ0v) is 20.0. The van der Waals surface area contributed by atoms with Crippen molar-refractivity contribution in [1.82, 2.24) is 0 Å². The molecule has 0 aliphatic heterocycles. The molecule has 1 aromatic heterocycles. The molecular formula is C27H24O8. The van der Waals surface area contributed by atoms with E-state index in [1.807, 2.05) is 0 Å². The predicted octanol–water partition coefficient (Wildman–Crippen LogP) is 5.02. The van der Waals surface area contributed by atoms with Crippen LogP contribution in [0.3, 0.4) is 0 Å². The molecule has 0 bridgehead atoms. The summed E-state index contributed by atoms with van der Waals surface area (Å²) in [5.41, 5.74) is 1.65. The van der Waals surface area contributed by atoms with Crippen LogP contribution in [0.25, 0.3) is 22.1 Å². The van der Waals surface area contributed by atoms with E-state index in [2.05, 4.69) is 0 Å². The highest BCUT2D eigenvalue weighted by molar-refractivity contribution is 5.93. The van der Waals surface area contributed by atoms with Gasteiger partial charge in [-0.2, -0.15) is 0 Å². The third-order valence-corrected chi connectivity index (χ3v) is 5.64. The SMILES string of the molecule is COc1ccc(OC)c(-c2c(C)c3cc(OC(=O)c4ccc(OC)c(OC)c4)ccc3oc2=O)c1. The first kappa shape index (κ1) is 23.7. The van der Waals surface area contributed by atoms with Crippen molar-refractivity contribution in [2.75, 3.05) is 28.4 Å². The zero-order valence-electron chi connectivity index (χ0n) is 20.0. The number of hydrogen-bond donors (Lipinski definition) is 0. The van der Waals surface area contributed by atoms with Crippen molar-refractivity contribution < 1.29 is 32.9 Å². The molecule has 0 amide bonds. The van der Waals surface area contributed by atoms with Crippen LogP contribution in [0.4, 0.5) is 0 Å². The number of carbonyl (C=O) groups is 1. The van der Waals surface area contributed by atoms with Crippen molar-refractivity contribution in [3.63, 3.8) is 0 Å². The molecule has 1 heterocycles. The zero-order chi connectivity index (χ0) is 25.1. The summed E-state index contributed by atoms with van der Waals surface area (Å²) in [6.45, 7) is 1.80. The Kier molecular flexibility index (Phi) is 6.64. The largest absolute Gasteiger partial charge is 0.497 e. The van der Waals surface area contributed by atoms with E-state index in [4.69, 9.17) is 28.1 Å². The minimum atomic E-state index is -0.574. The molecule has 180 valence electrons. The fourth-order valence-corrected chi connectivity index (χ4v) is 3.84. The van der Waals surface area contributed by atoms with Crippen LogP contribution in [0.2, 0.25) is 0 Å².